The monoisotopic (exact) mass is 482 g/mol. The Hall–Kier alpha value is -3.16. The molecule has 0 aliphatic heterocycles. The number of alkyl halides is 3. The maximum atomic E-state index is 12.5. The first kappa shape index (κ1) is 24.0. The van der Waals surface area contributed by atoms with Crippen LogP contribution in [0.2, 0.25) is 0 Å². The fourth-order valence-electron chi connectivity index (χ4n) is 3.70. The van der Waals surface area contributed by atoms with Crippen LogP contribution in [0.5, 0.6) is 5.75 Å². The first-order valence-electron chi connectivity index (χ1n) is 11.0. The average Bonchev–Trinajstić information content (AvgIpc) is 3.24. The Balaban J connectivity index is 1.37. The smallest absolute Gasteiger partial charge is 0.389 e. The van der Waals surface area contributed by atoms with E-state index in [2.05, 4.69) is 10.3 Å². The first-order valence-corrected chi connectivity index (χ1v) is 11.8. The zero-order chi connectivity index (χ0) is 24.1. The number of hydrogen-bond donors (Lipinski definition) is 2. The van der Waals surface area contributed by atoms with Gasteiger partial charge in [-0.1, -0.05) is 60.7 Å². The maximum Gasteiger partial charge on any atom is 0.389 e. The topological polar surface area (TPSA) is 45.2 Å². The number of rotatable bonds is 8. The van der Waals surface area contributed by atoms with Crippen molar-refractivity contribution in [2.75, 3.05) is 7.05 Å². The number of phenols is 1. The Kier molecular flexibility index (Phi) is 7.34. The summed E-state index contributed by atoms with van der Waals surface area (Å²) in [5.41, 5.74) is 4.97. The van der Waals surface area contributed by atoms with E-state index >= 15 is 0 Å². The summed E-state index contributed by atoms with van der Waals surface area (Å²) in [5.74, 6) is 0.236. The number of thiazole rings is 1. The fraction of sp³-hybridized carbons (Fsp3) is 0.222. The van der Waals surface area contributed by atoms with Gasteiger partial charge in [-0.2, -0.15) is 13.2 Å². The second-order valence-electron chi connectivity index (χ2n) is 8.21. The van der Waals surface area contributed by atoms with Crippen LogP contribution in [-0.4, -0.2) is 29.4 Å². The molecule has 34 heavy (non-hydrogen) atoms. The Morgan fingerprint density at radius 3 is 2.24 bits per heavy atom. The van der Waals surface area contributed by atoms with Gasteiger partial charge in [0.1, 0.15) is 10.8 Å². The third-order valence-electron chi connectivity index (χ3n) is 5.64. The van der Waals surface area contributed by atoms with E-state index in [9.17, 15) is 18.3 Å². The van der Waals surface area contributed by atoms with Gasteiger partial charge in [-0.3, -0.25) is 0 Å². The predicted molar refractivity (Wildman–Crippen MR) is 134 cm³/mol. The molecule has 4 rings (SSSR count). The van der Waals surface area contributed by atoms with Gasteiger partial charge in [-0.15, -0.1) is 11.3 Å². The summed E-state index contributed by atoms with van der Waals surface area (Å²) in [4.78, 5) is 4.63. The van der Waals surface area contributed by atoms with Crippen LogP contribution in [0.3, 0.4) is 0 Å². The molecule has 0 saturated carbocycles. The van der Waals surface area contributed by atoms with Gasteiger partial charge < -0.3 is 10.4 Å². The Labute approximate surface area is 200 Å². The number of nitrogens with one attached hydrogen (secondary N) is 1. The minimum atomic E-state index is -4.12. The summed E-state index contributed by atoms with van der Waals surface area (Å²) in [6.07, 6.45) is -0.241. The molecule has 1 heterocycles. The lowest BCUT2D eigenvalue weighted by atomic mass is 10.0. The number of nitrogens with zero attached hydrogens (tertiary/aromatic N) is 1. The van der Waals surface area contributed by atoms with Crippen LogP contribution >= 0.6 is 11.3 Å². The van der Waals surface area contributed by atoms with E-state index in [0.29, 0.717) is 6.42 Å². The minimum absolute atomic E-state index is 0.0666. The second-order valence-corrected chi connectivity index (χ2v) is 9.24. The molecule has 0 radical (unpaired) electrons. The van der Waals surface area contributed by atoms with Crippen LogP contribution in [0.25, 0.3) is 32.9 Å². The maximum absolute atomic E-state index is 12.5. The highest BCUT2D eigenvalue weighted by molar-refractivity contribution is 7.21. The second kappa shape index (κ2) is 10.4. The number of halogens is 3. The molecule has 176 valence electrons. The number of hydrogen-bond acceptors (Lipinski definition) is 4. The standard InChI is InChI=1S/C27H25F3N2OS/c1-31-22(14-15-27(28,29)30)16-20-6-4-18(5-7-20)2-3-19-8-10-21(11-9-19)26-32-24-13-12-23(33)17-25(24)34-26/h2-13,17,22,31,33H,14-16H2,1H3/b3-2+. The Bertz CT molecular complexity index is 1260. The van der Waals surface area contributed by atoms with Gasteiger partial charge in [0.25, 0.3) is 0 Å². The van der Waals surface area contributed by atoms with Crippen molar-refractivity contribution < 1.29 is 18.3 Å². The number of phenolic OH excluding ortho intramolecular Hbond substituents is 1. The molecule has 1 aromatic heterocycles. The van der Waals surface area contributed by atoms with Crippen molar-refractivity contribution in [3.63, 3.8) is 0 Å². The molecule has 3 nitrogen and oxygen atoms in total. The SMILES string of the molecule is CNC(CCC(F)(F)F)Cc1ccc(/C=C/c2ccc(-c3nc4ccc(O)cc4s3)cc2)cc1. The Morgan fingerprint density at radius 1 is 0.971 bits per heavy atom. The van der Waals surface area contributed by atoms with Crippen molar-refractivity contribution in [3.8, 4) is 16.3 Å². The summed E-state index contributed by atoms with van der Waals surface area (Å²) in [7, 11) is 1.70. The number of aromatic nitrogens is 1. The molecular weight excluding hydrogens is 457 g/mol. The van der Waals surface area contributed by atoms with Crippen molar-refractivity contribution in [2.24, 2.45) is 0 Å². The fourth-order valence-corrected chi connectivity index (χ4v) is 4.71. The zero-order valence-corrected chi connectivity index (χ0v) is 19.5. The van der Waals surface area contributed by atoms with Crippen molar-refractivity contribution in [1.82, 2.24) is 10.3 Å². The predicted octanol–water partition coefficient (Wildman–Crippen LogP) is 7.31. The molecule has 0 spiro atoms. The molecule has 0 aliphatic carbocycles. The summed E-state index contributed by atoms with van der Waals surface area (Å²) >= 11 is 1.54. The number of fused-ring (bicyclic) bond motifs is 1. The lowest BCUT2D eigenvalue weighted by molar-refractivity contribution is -0.136. The molecule has 1 unspecified atom stereocenters. The summed E-state index contributed by atoms with van der Waals surface area (Å²) < 4.78 is 38.4. The molecule has 0 bridgehead atoms. The van der Waals surface area contributed by atoms with Gasteiger partial charge in [0.2, 0.25) is 0 Å². The molecule has 0 fully saturated rings. The normalized spacial score (nSPS) is 13.1. The molecule has 0 amide bonds. The van der Waals surface area contributed by atoms with E-state index in [1.165, 1.54) is 0 Å². The van der Waals surface area contributed by atoms with Crippen LogP contribution < -0.4 is 5.32 Å². The van der Waals surface area contributed by atoms with E-state index in [0.717, 1.165) is 37.5 Å². The molecule has 1 atom stereocenters. The zero-order valence-electron chi connectivity index (χ0n) is 18.6. The highest BCUT2D eigenvalue weighted by atomic mass is 32.1. The molecule has 4 aromatic rings. The molecule has 0 saturated heterocycles. The molecule has 2 N–H and O–H groups in total. The van der Waals surface area contributed by atoms with Gasteiger partial charge >= 0.3 is 6.18 Å². The largest absolute Gasteiger partial charge is 0.508 e. The van der Waals surface area contributed by atoms with Crippen LogP contribution in [0.15, 0.2) is 66.7 Å². The van der Waals surface area contributed by atoms with Crippen molar-refractivity contribution in [3.05, 3.63) is 83.4 Å². The van der Waals surface area contributed by atoms with Crippen LogP contribution in [0.4, 0.5) is 13.2 Å². The van der Waals surface area contributed by atoms with E-state index in [4.69, 9.17) is 0 Å². The lowest BCUT2D eigenvalue weighted by Gasteiger charge is -2.17. The van der Waals surface area contributed by atoms with Gasteiger partial charge in [0.05, 0.1) is 10.2 Å². The third kappa shape index (κ3) is 6.46. The minimum Gasteiger partial charge on any atom is -0.508 e. The van der Waals surface area contributed by atoms with Gasteiger partial charge in [0, 0.05) is 18.0 Å². The van der Waals surface area contributed by atoms with Gasteiger partial charge in [-0.25, -0.2) is 4.98 Å². The van der Waals surface area contributed by atoms with Crippen LogP contribution in [0, 0.1) is 0 Å². The molecule has 3 aromatic carbocycles. The van der Waals surface area contributed by atoms with Gasteiger partial charge in [0.15, 0.2) is 0 Å². The van der Waals surface area contributed by atoms with Crippen molar-refractivity contribution >= 4 is 33.7 Å². The summed E-state index contributed by atoms with van der Waals surface area (Å²) in [6, 6.07) is 21.0. The van der Waals surface area contributed by atoms with Gasteiger partial charge in [-0.05, 0) is 54.8 Å². The third-order valence-corrected chi connectivity index (χ3v) is 6.71. The summed E-state index contributed by atoms with van der Waals surface area (Å²) in [5, 5.41) is 13.5. The number of likely N-dealkylation sites (N-methyl/N-ethyl adjacent to an activating group) is 1. The van der Waals surface area contributed by atoms with E-state index in [-0.39, 0.29) is 18.2 Å². The van der Waals surface area contributed by atoms with Crippen molar-refractivity contribution in [1.29, 1.82) is 0 Å². The average molecular weight is 483 g/mol. The molecule has 7 heteroatoms. The summed E-state index contributed by atoms with van der Waals surface area (Å²) in [6.45, 7) is 0. The highest BCUT2D eigenvalue weighted by Gasteiger charge is 2.28. The first-order chi connectivity index (χ1) is 16.3. The quantitative estimate of drug-likeness (QED) is 0.259. The van der Waals surface area contributed by atoms with E-state index in [1.807, 2.05) is 66.7 Å². The molecular formula is C27H25F3N2OS. The number of aromatic hydroxyl groups is 1. The van der Waals surface area contributed by atoms with E-state index in [1.54, 1.807) is 30.5 Å². The molecule has 0 aliphatic rings. The van der Waals surface area contributed by atoms with E-state index < -0.39 is 12.6 Å². The highest BCUT2D eigenvalue weighted by Crippen LogP contribution is 2.32. The Morgan fingerprint density at radius 2 is 1.62 bits per heavy atom. The van der Waals surface area contributed by atoms with Crippen molar-refractivity contribution in [2.45, 2.75) is 31.5 Å². The van der Waals surface area contributed by atoms with Crippen LogP contribution in [0.1, 0.15) is 29.5 Å². The lowest BCUT2D eigenvalue weighted by Crippen LogP contribution is -2.29. The van der Waals surface area contributed by atoms with Crippen LogP contribution in [-0.2, 0) is 6.42 Å². The number of benzene rings is 3.